The van der Waals surface area contributed by atoms with E-state index in [9.17, 15) is 69.1 Å². The summed E-state index contributed by atoms with van der Waals surface area (Å²) in [6.07, 6.45) is 0. The molecule has 2 N–H and O–H groups in total. The summed E-state index contributed by atoms with van der Waals surface area (Å²) in [5.41, 5.74) is -15.9. The van der Waals surface area contributed by atoms with Crippen LogP contribution in [0.3, 0.4) is 0 Å². The lowest BCUT2D eigenvalue weighted by atomic mass is 9.93. The number of alkyl halides is 6. The van der Waals surface area contributed by atoms with Crippen LogP contribution < -0.4 is 8.37 Å². The Kier molecular flexibility index (Phi) is 7.70. The predicted octanol–water partition coefficient (Wildman–Crippen LogP) is 6.10. The van der Waals surface area contributed by atoms with Crippen molar-refractivity contribution in [3.05, 3.63) is 60.7 Å². The third kappa shape index (κ3) is 5.85. The SMILES string of the molecule is O=S(=O)(O)c1ccc2oc3ccc(OS(=O)(=O)C(F)(F)F)c(-c4c(OS(=O)(=O)C(F)(F)F)ccc5oc6ccc(S(=O)(=O)O)cc6c45)c3c2c1. The molecule has 0 spiro atoms. The van der Waals surface area contributed by atoms with Gasteiger partial charge in [0.15, 0.2) is 11.5 Å². The zero-order valence-corrected chi connectivity index (χ0v) is 26.7. The predicted molar refractivity (Wildman–Crippen MR) is 157 cm³/mol. The van der Waals surface area contributed by atoms with Gasteiger partial charge in [-0.3, -0.25) is 9.11 Å². The van der Waals surface area contributed by atoms with Crippen molar-refractivity contribution >= 4 is 84.3 Å². The molecule has 2 heterocycles. The van der Waals surface area contributed by atoms with Gasteiger partial charge in [0.05, 0.1) is 9.79 Å². The highest BCUT2D eigenvalue weighted by Crippen LogP contribution is 2.52. The fourth-order valence-electron chi connectivity index (χ4n) is 4.94. The first-order valence-corrected chi connectivity index (χ1v) is 18.5. The molecule has 14 nitrogen and oxygen atoms in total. The molecule has 0 unspecified atom stereocenters. The average molecular weight is 791 g/mol. The molecular weight excluding hydrogens is 779 g/mol. The van der Waals surface area contributed by atoms with Crippen LogP contribution in [0.5, 0.6) is 11.5 Å². The van der Waals surface area contributed by atoms with Gasteiger partial charge in [0.1, 0.15) is 22.3 Å². The van der Waals surface area contributed by atoms with Gasteiger partial charge in [-0.1, -0.05) is 0 Å². The highest BCUT2D eigenvalue weighted by atomic mass is 32.2. The molecule has 0 saturated carbocycles. The fourth-order valence-corrected chi connectivity index (χ4v) is 6.90. The summed E-state index contributed by atoms with van der Waals surface area (Å²) in [5.74, 6) is -2.76. The second kappa shape index (κ2) is 10.9. The molecule has 0 atom stereocenters. The molecule has 0 radical (unpaired) electrons. The molecule has 0 aliphatic carbocycles. The molecule has 24 heteroatoms. The smallest absolute Gasteiger partial charge is 0.456 e. The van der Waals surface area contributed by atoms with Crippen molar-refractivity contribution in [1.29, 1.82) is 0 Å². The number of fused-ring (bicyclic) bond motifs is 6. The van der Waals surface area contributed by atoms with Gasteiger partial charge in [0.2, 0.25) is 0 Å². The topological polar surface area (TPSA) is 222 Å². The Morgan fingerprint density at radius 2 is 0.820 bits per heavy atom. The van der Waals surface area contributed by atoms with E-state index in [2.05, 4.69) is 8.37 Å². The minimum Gasteiger partial charge on any atom is -0.456 e. The molecule has 2 aromatic heterocycles. The maximum Gasteiger partial charge on any atom is 0.534 e. The van der Waals surface area contributed by atoms with Gasteiger partial charge in [-0.2, -0.15) is 60.0 Å². The third-order valence-electron chi connectivity index (χ3n) is 6.95. The van der Waals surface area contributed by atoms with Crippen molar-refractivity contribution in [1.82, 2.24) is 0 Å². The Hall–Kier alpha value is -4.62. The van der Waals surface area contributed by atoms with E-state index in [0.29, 0.717) is 24.3 Å². The van der Waals surface area contributed by atoms with Crippen molar-refractivity contribution in [2.24, 2.45) is 0 Å². The van der Waals surface area contributed by atoms with Gasteiger partial charge < -0.3 is 17.2 Å². The number of furan rings is 2. The van der Waals surface area contributed by atoms with Crippen molar-refractivity contribution in [3.63, 3.8) is 0 Å². The van der Waals surface area contributed by atoms with Gasteiger partial charge in [0.25, 0.3) is 20.2 Å². The van der Waals surface area contributed by atoms with E-state index >= 15 is 0 Å². The van der Waals surface area contributed by atoms with Gasteiger partial charge in [-0.25, -0.2) is 0 Å². The lowest BCUT2D eigenvalue weighted by molar-refractivity contribution is -0.0505. The summed E-state index contributed by atoms with van der Waals surface area (Å²) in [4.78, 5) is -1.73. The van der Waals surface area contributed by atoms with Gasteiger partial charge in [0, 0.05) is 32.7 Å². The molecule has 4 aromatic carbocycles. The third-order valence-corrected chi connectivity index (χ3v) is 10.6. The highest BCUT2D eigenvalue weighted by Gasteiger charge is 2.50. The Balaban J connectivity index is 1.90. The van der Waals surface area contributed by atoms with Crippen LogP contribution in [-0.2, 0) is 40.5 Å². The number of benzene rings is 4. The van der Waals surface area contributed by atoms with Crippen molar-refractivity contribution < 1.29 is 86.3 Å². The summed E-state index contributed by atoms with van der Waals surface area (Å²) >= 11 is 0. The van der Waals surface area contributed by atoms with Crippen LogP contribution in [0.1, 0.15) is 0 Å². The molecule has 6 rings (SSSR count). The summed E-state index contributed by atoms with van der Waals surface area (Å²) in [6, 6.07) is 7.54. The van der Waals surface area contributed by atoms with Crippen molar-refractivity contribution in [3.8, 4) is 22.6 Å². The minimum atomic E-state index is -6.64. The number of hydrogen-bond donors (Lipinski definition) is 2. The summed E-state index contributed by atoms with van der Waals surface area (Å²) in [7, 11) is -23.4. The molecule has 0 aliphatic heterocycles. The van der Waals surface area contributed by atoms with Gasteiger partial charge in [-0.05, 0) is 60.7 Å². The average Bonchev–Trinajstić information content (AvgIpc) is 3.52. The molecule has 0 fully saturated rings. The second-order valence-corrected chi connectivity index (χ2v) is 16.0. The fraction of sp³-hybridized carbons (Fsp3) is 0.0769. The first-order chi connectivity index (χ1) is 22.8. The molecule has 266 valence electrons. The number of halogens is 6. The van der Waals surface area contributed by atoms with Crippen LogP contribution in [0.15, 0.2) is 79.3 Å². The summed E-state index contributed by atoms with van der Waals surface area (Å²) in [5, 5.41) is -2.20. The Bertz CT molecular complexity index is 2670. The number of hydrogen-bond acceptors (Lipinski definition) is 12. The largest absolute Gasteiger partial charge is 0.534 e. The van der Waals surface area contributed by atoms with Gasteiger partial charge >= 0.3 is 31.3 Å². The quantitative estimate of drug-likeness (QED) is 0.0807. The Labute approximate surface area is 274 Å². The van der Waals surface area contributed by atoms with Crippen LogP contribution in [0.25, 0.3) is 55.0 Å². The Morgan fingerprint density at radius 3 is 1.12 bits per heavy atom. The molecule has 0 bridgehead atoms. The van der Waals surface area contributed by atoms with E-state index in [4.69, 9.17) is 8.83 Å². The molecule has 0 saturated heterocycles. The highest BCUT2D eigenvalue weighted by molar-refractivity contribution is 7.88. The van der Waals surface area contributed by atoms with Crippen LogP contribution in [-0.4, -0.2) is 53.8 Å². The lowest BCUT2D eigenvalue weighted by Gasteiger charge is -2.18. The zero-order chi connectivity index (χ0) is 37.0. The molecule has 0 aliphatic rings. The van der Waals surface area contributed by atoms with Crippen molar-refractivity contribution in [2.75, 3.05) is 0 Å². The molecular formula is C26H12F6O14S4. The molecule has 0 amide bonds. The first kappa shape index (κ1) is 35.2. The molecule has 6 aromatic rings. The van der Waals surface area contributed by atoms with E-state index < -0.39 is 117 Å². The van der Waals surface area contributed by atoms with E-state index in [1.165, 1.54) is 0 Å². The minimum absolute atomic E-state index is 0.312. The van der Waals surface area contributed by atoms with E-state index in [1.54, 1.807) is 0 Å². The first-order valence-electron chi connectivity index (χ1n) is 12.8. The monoisotopic (exact) mass is 790 g/mol. The van der Waals surface area contributed by atoms with Crippen molar-refractivity contribution in [2.45, 2.75) is 20.8 Å². The zero-order valence-electron chi connectivity index (χ0n) is 23.5. The maximum atomic E-state index is 13.6. The molecule has 50 heavy (non-hydrogen) atoms. The maximum absolute atomic E-state index is 13.6. The van der Waals surface area contributed by atoms with Gasteiger partial charge in [-0.15, -0.1) is 0 Å². The number of rotatable bonds is 7. The van der Waals surface area contributed by atoms with E-state index in [0.717, 1.165) is 36.4 Å². The van der Waals surface area contributed by atoms with E-state index in [-0.39, 0.29) is 11.2 Å². The normalized spacial score (nSPS) is 13.8. The Morgan fingerprint density at radius 1 is 0.500 bits per heavy atom. The summed E-state index contributed by atoms with van der Waals surface area (Å²) < 4.78 is 218. The van der Waals surface area contributed by atoms with E-state index in [1.807, 2.05) is 0 Å². The van der Waals surface area contributed by atoms with Crippen LogP contribution in [0.2, 0.25) is 0 Å². The van der Waals surface area contributed by atoms with Crippen LogP contribution in [0, 0.1) is 0 Å². The lowest BCUT2D eigenvalue weighted by Crippen LogP contribution is -2.28. The standard InChI is InChI=1S/C26H12F6O14S4/c27-25(28,29)49(39,40)45-19-7-5-17-21(13-9-11(47(33,34)35)1-3-15(13)43-17)23(19)24-20(46-50(41,42)26(30,31)32)8-6-18-22(24)14-10-12(48(36,37)38)2-4-16(14)44-18/h1-10H,(H,33,34,35)(H,36,37,38). The van der Waals surface area contributed by atoms with Crippen LogP contribution >= 0.6 is 0 Å². The summed E-state index contributed by atoms with van der Waals surface area (Å²) in [6.45, 7) is 0. The van der Waals surface area contributed by atoms with Crippen LogP contribution in [0.4, 0.5) is 26.3 Å². The second-order valence-electron chi connectivity index (χ2n) is 10.1.